The van der Waals surface area contributed by atoms with Crippen LogP contribution < -0.4 is 14.4 Å². The Hall–Kier alpha value is -4.13. The fraction of sp³-hybridized carbons (Fsp3) is 0.300. The van der Waals surface area contributed by atoms with Crippen LogP contribution in [0.15, 0.2) is 72.8 Å². The highest BCUT2D eigenvalue weighted by molar-refractivity contribution is 6.01. The fourth-order valence-electron chi connectivity index (χ4n) is 4.08. The zero-order valence-corrected chi connectivity index (χ0v) is 21.5. The van der Waals surface area contributed by atoms with Gasteiger partial charge in [0, 0.05) is 24.2 Å². The van der Waals surface area contributed by atoms with Crippen LogP contribution in [0.25, 0.3) is 0 Å². The molecule has 0 bridgehead atoms. The smallest absolute Gasteiger partial charge is 0.311 e. The lowest BCUT2D eigenvalue weighted by Gasteiger charge is -2.19. The second-order valence-corrected chi connectivity index (χ2v) is 10.0. The molecule has 1 heterocycles. The van der Waals surface area contributed by atoms with Crippen molar-refractivity contribution in [2.24, 2.45) is 5.92 Å². The molecule has 1 aliphatic rings. The van der Waals surface area contributed by atoms with Crippen molar-refractivity contribution >= 4 is 23.3 Å². The molecule has 37 heavy (non-hydrogen) atoms. The number of benzene rings is 3. The molecule has 4 rings (SSSR count). The zero-order chi connectivity index (χ0) is 26.6. The van der Waals surface area contributed by atoms with Gasteiger partial charge in [-0.3, -0.25) is 14.4 Å². The van der Waals surface area contributed by atoms with E-state index in [9.17, 15) is 14.4 Å². The van der Waals surface area contributed by atoms with Crippen molar-refractivity contribution in [1.82, 2.24) is 0 Å². The van der Waals surface area contributed by atoms with Gasteiger partial charge in [0.15, 0.2) is 12.4 Å². The summed E-state index contributed by atoms with van der Waals surface area (Å²) in [7, 11) is 1.54. The van der Waals surface area contributed by atoms with Gasteiger partial charge >= 0.3 is 5.97 Å². The Bertz CT molecular complexity index is 1260. The summed E-state index contributed by atoms with van der Waals surface area (Å²) in [4.78, 5) is 39.0. The third-order valence-electron chi connectivity index (χ3n) is 6.32. The number of ketones is 1. The van der Waals surface area contributed by atoms with Crippen LogP contribution in [-0.2, 0) is 19.7 Å². The molecular weight excluding hydrogens is 470 g/mol. The number of methoxy groups -OCH3 is 1. The summed E-state index contributed by atoms with van der Waals surface area (Å²) in [6.07, 6.45) is 0.0357. The van der Waals surface area contributed by atoms with Crippen LogP contribution in [0.5, 0.6) is 17.2 Å². The standard InChI is InChI=1S/C30H31NO6/c1-30(2,3)22-7-13-25(14-8-22)37-26-15-9-23(10-16-26)31-18-21(17-28(31)33)29(34)36-19-27(32)20-5-11-24(35-4)12-6-20/h5-16,21H,17-19H2,1-4H3/t21-/m1/s1. The van der Waals surface area contributed by atoms with Crippen molar-refractivity contribution in [1.29, 1.82) is 0 Å². The lowest BCUT2D eigenvalue weighted by molar-refractivity contribution is -0.147. The van der Waals surface area contributed by atoms with E-state index in [1.165, 1.54) is 5.56 Å². The number of hydrogen-bond donors (Lipinski definition) is 0. The van der Waals surface area contributed by atoms with Crippen LogP contribution in [0.4, 0.5) is 5.69 Å². The largest absolute Gasteiger partial charge is 0.497 e. The Labute approximate surface area is 217 Å². The minimum absolute atomic E-state index is 0.0357. The van der Waals surface area contributed by atoms with E-state index in [0.717, 1.165) is 5.75 Å². The molecule has 1 aliphatic heterocycles. The first-order valence-electron chi connectivity index (χ1n) is 12.2. The quantitative estimate of drug-likeness (QED) is 0.297. The van der Waals surface area contributed by atoms with Gasteiger partial charge in [-0.25, -0.2) is 0 Å². The molecule has 3 aromatic rings. The van der Waals surface area contributed by atoms with Gasteiger partial charge in [-0.1, -0.05) is 32.9 Å². The first kappa shape index (κ1) is 25.9. The number of carbonyl (C=O) groups excluding carboxylic acids is 3. The van der Waals surface area contributed by atoms with E-state index >= 15 is 0 Å². The Morgan fingerprint density at radius 2 is 1.43 bits per heavy atom. The first-order valence-corrected chi connectivity index (χ1v) is 12.2. The number of carbonyl (C=O) groups is 3. The second kappa shape index (κ2) is 10.9. The molecule has 1 atom stereocenters. The molecule has 0 aliphatic carbocycles. The van der Waals surface area contributed by atoms with Gasteiger partial charge < -0.3 is 19.1 Å². The molecule has 192 valence electrons. The summed E-state index contributed by atoms with van der Waals surface area (Å²) in [5.74, 6) is 0.324. The predicted molar refractivity (Wildman–Crippen MR) is 140 cm³/mol. The first-order chi connectivity index (χ1) is 17.6. The van der Waals surface area contributed by atoms with Crippen molar-refractivity contribution < 1.29 is 28.6 Å². The molecular formula is C30H31NO6. The van der Waals surface area contributed by atoms with E-state index in [0.29, 0.717) is 22.7 Å². The number of nitrogens with zero attached hydrogens (tertiary/aromatic N) is 1. The normalized spacial score (nSPS) is 15.4. The number of anilines is 1. The van der Waals surface area contributed by atoms with Crippen molar-refractivity contribution in [3.8, 4) is 17.2 Å². The minimum Gasteiger partial charge on any atom is -0.497 e. The maximum Gasteiger partial charge on any atom is 0.311 e. The molecule has 1 saturated heterocycles. The van der Waals surface area contributed by atoms with Gasteiger partial charge in [0.25, 0.3) is 0 Å². The van der Waals surface area contributed by atoms with E-state index in [1.54, 1.807) is 60.5 Å². The molecule has 0 aromatic heterocycles. The number of amides is 1. The number of hydrogen-bond acceptors (Lipinski definition) is 6. The van der Waals surface area contributed by atoms with Crippen LogP contribution >= 0.6 is 0 Å². The summed E-state index contributed by atoms with van der Waals surface area (Å²) in [5, 5.41) is 0. The summed E-state index contributed by atoms with van der Waals surface area (Å²) < 4.78 is 16.2. The van der Waals surface area contributed by atoms with Crippen LogP contribution in [0.3, 0.4) is 0 Å². The fourth-order valence-corrected chi connectivity index (χ4v) is 4.08. The van der Waals surface area contributed by atoms with Crippen LogP contribution in [0.1, 0.15) is 43.1 Å². The molecule has 1 fully saturated rings. The molecule has 0 N–H and O–H groups in total. The summed E-state index contributed by atoms with van der Waals surface area (Å²) in [5.41, 5.74) is 2.38. The minimum atomic E-state index is -0.631. The molecule has 0 radical (unpaired) electrons. The van der Waals surface area contributed by atoms with E-state index < -0.39 is 11.9 Å². The van der Waals surface area contributed by atoms with Gasteiger partial charge in [0.05, 0.1) is 13.0 Å². The average Bonchev–Trinajstić information content (AvgIpc) is 3.29. The van der Waals surface area contributed by atoms with Gasteiger partial charge in [-0.2, -0.15) is 0 Å². The predicted octanol–water partition coefficient (Wildman–Crippen LogP) is 5.56. The van der Waals surface area contributed by atoms with Gasteiger partial charge in [0.1, 0.15) is 17.2 Å². The number of rotatable bonds is 8. The van der Waals surface area contributed by atoms with Crippen molar-refractivity contribution in [2.75, 3.05) is 25.2 Å². The van der Waals surface area contributed by atoms with Crippen LogP contribution in [0.2, 0.25) is 0 Å². The van der Waals surface area contributed by atoms with Gasteiger partial charge in [0.2, 0.25) is 5.91 Å². The van der Waals surface area contributed by atoms with Crippen LogP contribution in [0, 0.1) is 5.92 Å². The zero-order valence-electron chi connectivity index (χ0n) is 21.5. The van der Waals surface area contributed by atoms with E-state index in [4.69, 9.17) is 14.2 Å². The molecule has 0 saturated carbocycles. The van der Waals surface area contributed by atoms with Crippen molar-refractivity contribution in [3.05, 3.63) is 83.9 Å². The second-order valence-electron chi connectivity index (χ2n) is 10.0. The third-order valence-corrected chi connectivity index (χ3v) is 6.32. The lowest BCUT2D eigenvalue weighted by Crippen LogP contribution is -2.27. The highest BCUT2D eigenvalue weighted by atomic mass is 16.5. The molecule has 7 heteroatoms. The number of Topliss-reactive ketones (excluding diaryl/α,β-unsaturated/α-hetero) is 1. The Balaban J connectivity index is 1.31. The van der Waals surface area contributed by atoms with Crippen molar-refractivity contribution in [2.45, 2.75) is 32.6 Å². The maximum atomic E-state index is 12.6. The van der Waals surface area contributed by atoms with Gasteiger partial charge in [-0.05, 0) is 71.6 Å². The Morgan fingerprint density at radius 1 is 0.865 bits per heavy atom. The monoisotopic (exact) mass is 501 g/mol. The van der Waals surface area contributed by atoms with Crippen LogP contribution in [-0.4, -0.2) is 37.9 Å². The summed E-state index contributed by atoms with van der Waals surface area (Å²) >= 11 is 0. The van der Waals surface area contributed by atoms with Gasteiger partial charge in [-0.15, -0.1) is 0 Å². The SMILES string of the molecule is COc1ccc(C(=O)COC(=O)[C@@H]2CC(=O)N(c3ccc(Oc4ccc(C(C)(C)C)cc4)cc3)C2)cc1. The Morgan fingerprint density at radius 3 is 2.00 bits per heavy atom. The third kappa shape index (κ3) is 6.36. The molecule has 1 amide bonds. The average molecular weight is 502 g/mol. The van der Waals surface area contributed by atoms with E-state index in [-0.39, 0.29) is 36.7 Å². The lowest BCUT2D eigenvalue weighted by atomic mass is 9.87. The Kier molecular flexibility index (Phi) is 7.62. The van der Waals surface area contributed by atoms with E-state index in [2.05, 4.69) is 32.9 Å². The van der Waals surface area contributed by atoms with Crippen molar-refractivity contribution in [3.63, 3.8) is 0 Å². The molecule has 7 nitrogen and oxygen atoms in total. The topological polar surface area (TPSA) is 82.1 Å². The molecule has 3 aromatic carbocycles. The molecule has 0 unspecified atom stereocenters. The summed E-state index contributed by atoms with van der Waals surface area (Å²) in [6.45, 7) is 6.30. The summed E-state index contributed by atoms with van der Waals surface area (Å²) in [6, 6.07) is 21.7. The molecule has 0 spiro atoms. The highest BCUT2D eigenvalue weighted by Gasteiger charge is 2.36. The maximum absolute atomic E-state index is 12.6. The highest BCUT2D eigenvalue weighted by Crippen LogP contribution is 2.30. The number of ether oxygens (including phenoxy) is 3. The van der Waals surface area contributed by atoms with E-state index in [1.807, 2.05) is 12.1 Å². The number of esters is 1.